The van der Waals surface area contributed by atoms with Crippen LogP contribution in [0.15, 0.2) is 169 Å². The van der Waals surface area contributed by atoms with Crippen LogP contribution in [0.1, 0.15) is 22.3 Å². The van der Waals surface area contributed by atoms with Gasteiger partial charge in [-0.15, -0.1) is 12.6 Å². The molecule has 0 N–H and O–H groups in total. The molecule has 8 rings (SSSR count). The minimum Gasteiger partial charge on any atom is -0.457 e. The third-order valence-electron chi connectivity index (χ3n) is 8.66. The van der Waals surface area contributed by atoms with E-state index in [0.29, 0.717) is 0 Å². The Balaban J connectivity index is 1.29. The minimum absolute atomic E-state index is 0.456. The van der Waals surface area contributed by atoms with Crippen molar-refractivity contribution in [2.45, 2.75) is 10.3 Å². The van der Waals surface area contributed by atoms with Crippen LogP contribution in [-0.4, -0.2) is 0 Å². The van der Waals surface area contributed by atoms with Crippen molar-refractivity contribution in [2.24, 2.45) is 0 Å². The van der Waals surface area contributed by atoms with Crippen LogP contribution in [0.5, 0.6) is 11.5 Å². The van der Waals surface area contributed by atoms with E-state index in [1.54, 1.807) is 0 Å². The van der Waals surface area contributed by atoms with E-state index in [4.69, 9.17) is 17.4 Å². The molecule has 0 radical (unpaired) electrons. The molecule has 0 bridgehead atoms. The smallest absolute Gasteiger partial charge is 0.128 e. The first kappa shape index (κ1) is 25.6. The van der Waals surface area contributed by atoms with Crippen LogP contribution in [0.2, 0.25) is 0 Å². The summed E-state index contributed by atoms with van der Waals surface area (Å²) in [7, 11) is 0. The lowest BCUT2D eigenvalue weighted by molar-refractivity contribution is 0.483. The van der Waals surface area contributed by atoms with Crippen LogP contribution in [0.3, 0.4) is 0 Å². The number of hydrogen-bond donors (Lipinski definition) is 1. The van der Waals surface area contributed by atoms with Gasteiger partial charge in [0.25, 0.3) is 0 Å². The van der Waals surface area contributed by atoms with E-state index in [0.717, 1.165) is 21.8 Å². The zero-order valence-corrected chi connectivity index (χ0v) is 24.3. The number of hydrogen-bond acceptors (Lipinski definition) is 2. The second kappa shape index (κ2) is 10.3. The van der Waals surface area contributed by atoms with E-state index < -0.39 is 5.41 Å². The number of fused-ring (bicyclic) bond motifs is 4. The summed E-state index contributed by atoms with van der Waals surface area (Å²) in [5.74, 6) is 1.67. The maximum atomic E-state index is 6.09. The standard InChI is InChI=1S/C41H28OS/c43-36-21-23-38-37-22-19-31(28-16-17-30-25-35(20-18-29(30)24-28)42-34-14-8-3-9-15-34)26-39(37)41(40(38)27-36,32-10-4-1-5-11-32)33-12-6-2-7-13-33/h1-27,43H. The Morgan fingerprint density at radius 2 is 0.953 bits per heavy atom. The number of para-hydroxylation sites is 1. The Kier molecular flexibility index (Phi) is 6.17. The van der Waals surface area contributed by atoms with Crippen LogP contribution in [0, 0.1) is 0 Å². The molecule has 0 saturated heterocycles. The first-order valence-electron chi connectivity index (χ1n) is 14.6. The fraction of sp³-hybridized carbons (Fsp3) is 0.0244. The maximum Gasteiger partial charge on any atom is 0.128 e. The quantitative estimate of drug-likeness (QED) is 0.203. The topological polar surface area (TPSA) is 9.23 Å². The number of benzene rings is 7. The van der Waals surface area contributed by atoms with Gasteiger partial charge in [0.15, 0.2) is 0 Å². The van der Waals surface area contributed by atoms with Gasteiger partial charge in [0, 0.05) is 4.90 Å². The van der Waals surface area contributed by atoms with Crippen molar-refractivity contribution in [2.75, 3.05) is 0 Å². The zero-order chi connectivity index (χ0) is 28.8. The minimum atomic E-state index is -0.456. The fourth-order valence-electron chi connectivity index (χ4n) is 6.75. The molecule has 0 aliphatic heterocycles. The average molecular weight is 569 g/mol. The van der Waals surface area contributed by atoms with Gasteiger partial charge >= 0.3 is 0 Å². The van der Waals surface area contributed by atoms with E-state index in [9.17, 15) is 0 Å². The van der Waals surface area contributed by atoms with Gasteiger partial charge in [-0.1, -0.05) is 115 Å². The molecule has 0 fully saturated rings. The molecular formula is C41H28OS. The van der Waals surface area contributed by atoms with Crippen molar-refractivity contribution in [3.63, 3.8) is 0 Å². The predicted octanol–water partition coefficient (Wildman–Crippen LogP) is 11.0. The highest BCUT2D eigenvalue weighted by atomic mass is 32.1. The van der Waals surface area contributed by atoms with Crippen molar-refractivity contribution in [3.8, 4) is 33.8 Å². The summed E-state index contributed by atoms with van der Waals surface area (Å²) in [6.07, 6.45) is 0. The Labute approximate surface area is 257 Å². The van der Waals surface area contributed by atoms with Gasteiger partial charge in [-0.2, -0.15) is 0 Å². The van der Waals surface area contributed by atoms with Crippen LogP contribution < -0.4 is 4.74 Å². The van der Waals surface area contributed by atoms with E-state index in [1.807, 2.05) is 36.4 Å². The van der Waals surface area contributed by atoms with Crippen molar-refractivity contribution < 1.29 is 4.74 Å². The Bertz CT molecular complexity index is 2060. The lowest BCUT2D eigenvalue weighted by atomic mass is 9.67. The van der Waals surface area contributed by atoms with Crippen LogP contribution in [-0.2, 0) is 5.41 Å². The van der Waals surface area contributed by atoms with Crippen LogP contribution in [0.4, 0.5) is 0 Å². The monoisotopic (exact) mass is 568 g/mol. The summed E-state index contributed by atoms with van der Waals surface area (Å²) in [6, 6.07) is 58.3. The second-order valence-corrected chi connectivity index (χ2v) is 11.6. The normalized spacial score (nSPS) is 13.0. The first-order chi connectivity index (χ1) is 21.2. The molecular weight excluding hydrogens is 541 g/mol. The van der Waals surface area contributed by atoms with Crippen molar-refractivity contribution in [1.29, 1.82) is 0 Å². The molecule has 0 atom stereocenters. The Hall–Kier alpha value is -5.05. The lowest BCUT2D eigenvalue weighted by Gasteiger charge is -2.34. The van der Waals surface area contributed by atoms with Crippen molar-refractivity contribution in [1.82, 2.24) is 0 Å². The van der Waals surface area contributed by atoms with Gasteiger partial charge in [-0.3, -0.25) is 0 Å². The highest BCUT2D eigenvalue weighted by molar-refractivity contribution is 7.80. The van der Waals surface area contributed by atoms with E-state index in [2.05, 4.69) is 127 Å². The van der Waals surface area contributed by atoms with Crippen molar-refractivity contribution in [3.05, 3.63) is 186 Å². The van der Waals surface area contributed by atoms with Gasteiger partial charge in [0.1, 0.15) is 11.5 Å². The number of ether oxygens (including phenoxy) is 1. The average Bonchev–Trinajstić information content (AvgIpc) is 3.35. The third-order valence-corrected chi connectivity index (χ3v) is 8.94. The Morgan fingerprint density at radius 3 is 1.65 bits per heavy atom. The SMILES string of the molecule is Sc1ccc2c(c1)C(c1ccccc1)(c1ccccc1)c1cc(-c3ccc4cc(Oc5ccccc5)ccc4c3)ccc1-2. The van der Waals surface area contributed by atoms with Gasteiger partial charge < -0.3 is 4.74 Å². The summed E-state index contributed by atoms with van der Waals surface area (Å²) >= 11 is 4.80. The molecule has 7 aromatic rings. The van der Waals surface area contributed by atoms with Gasteiger partial charge in [-0.05, 0) is 104 Å². The predicted molar refractivity (Wildman–Crippen MR) is 180 cm³/mol. The largest absolute Gasteiger partial charge is 0.457 e. The molecule has 0 spiro atoms. The fourth-order valence-corrected chi connectivity index (χ4v) is 6.95. The van der Waals surface area contributed by atoms with E-state index in [1.165, 1.54) is 49.9 Å². The molecule has 0 saturated carbocycles. The lowest BCUT2D eigenvalue weighted by Crippen LogP contribution is -2.28. The van der Waals surface area contributed by atoms with Gasteiger partial charge in [0.05, 0.1) is 5.41 Å². The zero-order valence-electron chi connectivity index (χ0n) is 23.4. The number of rotatable bonds is 5. The highest BCUT2D eigenvalue weighted by Gasteiger charge is 2.46. The second-order valence-electron chi connectivity index (χ2n) is 11.1. The first-order valence-corrected chi connectivity index (χ1v) is 15.0. The number of thiol groups is 1. The van der Waals surface area contributed by atoms with Crippen LogP contribution in [0.25, 0.3) is 33.0 Å². The van der Waals surface area contributed by atoms with Gasteiger partial charge in [0.2, 0.25) is 0 Å². The molecule has 2 heteroatoms. The van der Waals surface area contributed by atoms with Crippen molar-refractivity contribution >= 4 is 23.4 Å². The summed E-state index contributed by atoms with van der Waals surface area (Å²) in [6.45, 7) is 0. The van der Waals surface area contributed by atoms with Crippen LogP contribution >= 0.6 is 12.6 Å². The van der Waals surface area contributed by atoms with E-state index >= 15 is 0 Å². The summed E-state index contributed by atoms with van der Waals surface area (Å²) in [5.41, 5.74) is 9.52. The molecule has 43 heavy (non-hydrogen) atoms. The molecule has 1 aliphatic carbocycles. The molecule has 0 heterocycles. The molecule has 1 aliphatic rings. The molecule has 0 aromatic heterocycles. The summed E-state index contributed by atoms with van der Waals surface area (Å²) in [4.78, 5) is 0.966. The summed E-state index contributed by atoms with van der Waals surface area (Å²) in [5, 5.41) is 2.33. The van der Waals surface area contributed by atoms with Gasteiger partial charge in [-0.25, -0.2) is 0 Å². The third kappa shape index (κ3) is 4.26. The molecule has 204 valence electrons. The van der Waals surface area contributed by atoms with E-state index in [-0.39, 0.29) is 0 Å². The molecule has 0 unspecified atom stereocenters. The highest BCUT2D eigenvalue weighted by Crippen LogP contribution is 2.57. The molecule has 7 aromatic carbocycles. The Morgan fingerprint density at radius 1 is 0.419 bits per heavy atom. The maximum absolute atomic E-state index is 6.09. The molecule has 1 nitrogen and oxygen atoms in total. The molecule has 0 amide bonds. The summed E-state index contributed by atoms with van der Waals surface area (Å²) < 4.78 is 6.09.